The number of carbonyl (C=O) groups excluding carboxylic acids is 5. The summed E-state index contributed by atoms with van der Waals surface area (Å²) in [7, 11) is 2.83. The van der Waals surface area contributed by atoms with Gasteiger partial charge in [-0.15, -0.1) is 0 Å². The molecule has 0 unspecified atom stereocenters. The van der Waals surface area contributed by atoms with Gasteiger partial charge in [0.1, 0.15) is 47.0 Å². The molecule has 274 valence electrons. The standard InChI is InChI=1S/C37H45BrN4O9/c1-48-24-14-15-26-28(16-24)39-29(31(43)20-38)18-32(26)50-25-17-30-33(44)41-37(35(46)49-2)19-22(37)10-6-4-3-5-7-13-27(34(45)42(30)21-25)40-36(47)51-23-11-8-9-12-23/h6,10,14-16,18,22-23,25,27,30H,3-5,7-9,11-13,17,19-21H2,1-2H3,(H,40,47)(H,41,44)/b10-6-/t22-,25+,27-,30-,37+/m0/s1. The molecule has 2 aliphatic heterocycles. The van der Waals surface area contributed by atoms with Crippen molar-refractivity contribution in [3.63, 3.8) is 0 Å². The minimum atomic E-state index is -1.23. The van der Waals surface area contributed by atoms with Gasteiger partial charge in [0.2, 0.25) is 11.8 Å². The molecule has 4 aliphatic rings. The largest absolute Gasteiger partial charge is 0.497 e. The van der Waals surface area contributed by atoms with Crippen LogP contribution in [0.3, 0.4) is 0 Å². The SMILES string of the molecule is COC(=O)[C@@]12C[C@@H]1/C=C\CCCCC[C@H](NC(=O)OC1CCCC1)C(=O)N1C[C@H](Oc3cc(C(=O)CBr)nc4cc(OC)ccc34)C[C@H]1C(=O)N2. The van der Waals surface area contributed by atoms with Crippen LogP contribution in [-0.4, -0.2) is 95.5 Å². The summed E-state index contributed by atoms with van der Waals surface area (Å²) in [6, 6.07) is 4.85. The number of allylic oxidation sites excluding steroid dienone is 1. The fourth-order valence-corrected chi connectivity index (χ4v) is 7.73. The maximum Gasteiger partial charge on any atom is 0.408 e. The molecule has 0 bridgehead atoms. The number of esters is 1. The summed E-state index contributed by atoms with van der Waals surface area (Å²) in [6.07, 6.45) is 9.99. The van der Waals surface area contributed by atoms with Crippen molar-refractivity contribution < 1.29 is 42.9 Å². The number of fused-ring (bicyclic) bond motifs is 3. The normalized spacial score (nSPS) is 27.6. The van der Waals surface area contributed by atoms with E-state index in [0.717, 1.165) is 44.9 Å². The number of alkyl carbamates (subject to hydrolysis) is 1. The minimum Gasteiger partial charge on any atom is -0.497 e. The van der Waals surface area contributed by atoms with E-state index >= 15 is 0 Å². The number of benzene rings is 1. The quantitative estimate of drug-likeness (QED) is 0.166. The second kappa shape index (κ2) is 16.0. The molecule has 2 N–H and O–H groups in total. The van der Waals surface area contributed by atoms with Crippen molar-refractivity contribution in [1.29, 1.82) is 0 Å². The van der Waals surface area contributed by atoms with Gasteiger partial charge in [-0.3, -0.25) is 14.4 Å². The lowest BCUT2D eigenvalue weighted by Gasteiger charge is -2.29. The smallest absolute Gasteiger partial charge is 0.408 e. The number of ether oxygens (including phenoxy) is 4. The van der Waals surface area contributed by atoms with Crippen molar-refractivity contribution in [3.8, 4) is 11.5 Å². The van der Waals surface area contributed by atoms with E-state index < -0.39 is 47.6 Å². The Labute approximate surface area is 305 Å². The summed E-state index contributed by atoms with van der Waals surface area (Å²) in [6.45, 7) is 0.0169. The molecule has 2 aromatic rings. The van der Waals surface area contributed by atoms with Crippen LogP contribution in [0.4, 0.5) is 4.79 Å². The number of nitrogens with zero attached hydrogens (tertiary/aromatic N) is 2. The van der Waals surface area contributed by atoms with Crippen LogP contribution in [-0.2, 0) is 23.9 Å². The molecular formula is C37H45BrN4O9. The number of ketones is 1. The molecule has 3 fully saturated rings. The molecule has 2 saturated carbocycles. The van der Waals surface area contributed by atoms with Gasteiger partial charge in [-0.25, -0.2) is 14.6 Å². The second-order valence-electron chi connectivity index (χ2n) is 13.8. The van der Waals surface area contributed by atoms with E-state index in [9.17, 15) is 24.0 Å². The molecule has 14 heteroatoms. The molecule has 3 amide bonds. The average molecular weight is 770 g/mol. The van der Waals surface area contributed by atoms with Crippen molar-refractivity contribution >= 4 is 56.5 Å². The third-order valence-electron chi connectivity index (χ3n) is 10.3. The lowest BCUT2D eigenvalue weighted by molar-refractivity contribution is -0.148. The Balaban J connectivity index is 1.32. The Morgan fingerprint density at radius 2 is 1.82 bits per heavy atom. The number of rotatable bonds is 8. The maximum absolute atomic E-state index is 14.5. The number of methoxy groups -OCH3 is 2. The molecule has 0 radical (unpaired) electrons. The zero-order valence-corrected chi connectivity index (χ0v) is 30.6. The Hall–Kier alpha value is -4.20. The van der Waals surface area contributed by atoms with E-state index in [1.54, 1.807) is 24.3 Å². The zero-order valence-electron chi connectivity index (χ0n) is 29.0. The fraction of sp³-hybridized carbons (Fsp3) is 0.568. The Morgan fingerprint density at radius 1 is 1.04 bits per heavy atom. The van der Waals surface area contributed by atoms with Crippen LogP contribution in [0.5, 0.6) is 11.5 Å². The van der Waals surface area contributed by atoms with Gasteiger partial charge in [0, 0.05) is 29.9 Å². The third-order valence-corrected chi connectivity index (χ3v) is 10.8. The lowest BCUT2D eigenvalue weighted by Crippen LogP contribution is -2.56. The number of carbonyl (C=O) groups is 5. The molecule has 0 spiro atoms. The van der Waals surface area contributed by atoms with Crippen molar-refractivity contribution in [1.82, 2.24) is 20.5 Å². The van der Waals surface area contributed by atoms with Crippen LogP contribution in [0.25, 0.3) is 10.9 Å². The van der Waals surface area contributed by atoms with E-state index in [1.165, 1.54) is 19.1 Å². The maximum atomic E-state index is 14.5. The van der Waals surface area contributed by atoms with Crippen LogP contribution in [0, 0.1) is 5.92 Å². The minimum absolute atomic E-state index is 0.0169. The first-order chi connectivity index (χ1) is 24.6. The van der Waals surface area contributed by atoms with Crippen LogP contribution in [0.2, 0.25) is 0 Å². The topological polar surface area (TPSA) is 162 Å². The Kier molecular flexibility index (Phi) is 11.5. The summed E-state index contributed by atoms with van der Waals surface area (Å²) in [4.78, 5) is 73.5. The molecule has 2 aliphatic carbocycles. The number of aromatic nitrogens is 1. The van der Waals surface area contributed by atoms with Gasteiger partial charge in [0.25, 0.3) is 0 Å². The van der Waals surface area contributed by atoms with Crippen molar-refractivity contribution in [2.75, 3.05) is 26.1 Å². The molecule has 13 nitrogen and oxygen atoms in total. The Bertz CT molecular complexity index is 1700. The second-order valence-corrected chi connectivity index (χ2v) is 14.3. The van der Waals surface area contributed by atoms with E-state index in [0.29, 0.717) is 41.7 Å². The first-order valence-electron chi connectivity index (χ1n) is 17.7. The van der Waals surface area contributed by atoms with Gasteiger partial charge in [0.05, 0.1) is 31.6 Å². The fourth-order valence-electron chi connectivity index (χ4n) is 7.44. The van der Waals surface area contributed by atoms with Crippen LogP contribution >= 0.6 is 15.9 Å². The van der Waals surface area contributed by atoms with Crippen LogP contribution in [0.15, 0.2) is 36.4 Å². The highest BCUT2D eigenvalue weighted by atomic mass is 79.9. The van der Waals surface area contributed by atoms with Gasteiger partial charge in [-0.05, 0) is 63.5 Å². The van der Waals surface area contributed by atoms with Gasteiger partial charge >= 0.3 is 12.1 Å². The first-order valence-corrected chi connectivity index (χ1v) is 18.9. The molecule has 3 heterocycles. The number of nitrogens with one attached hydrogen (secondary N) is 2. The number of pyridine rings is 1. The van der Waals surface area contributed by atoms with Crippen molar-refractivity contribution in [2.24, 2.45) is 5.92 Å². The molecule has 5 atom stereocenters. The highest BCUT2D eigenvalue weighted by Crippen LogP contribution is 2.46. The predicted molar refractivity (Wildman–Crippen MR) is 190 cm³/mol. The lowest BCUT2D eigenvalue weighted by atomic mass is 10.0. The van der Waals surface area contributed by atoms with Gasteiger partial charge in [0.15, 0.2) is 5.78 Å². The molecule has 6 rings (SSSR count). The molecule has 51 heavy (non-hydrogen) atoms. The highest BCUT2D eigenvalue weighted by Gasteiger charge is 2.62. The van der Waals surface area contributed by atoms with Crippen LogP contribution < -0.4 is 20.1 Å². The summed E-state index contributed by atoms with van der Waals surface area (Å²) < 4.78 is 22.7. The molecule has 1 saturated heterocycles. The predicted octanol–water partition coefficient (Wildman–Crippen LogP) is 4.77. The summed E-state index contributed by atoms with van der Waals surface area (Å²) in [5.74, 6) is -1.07. The zero-order chi connectivity index (χ0) is 36.1. The highest BCUT2D eigenvalue weighted by molar-refractivity contribution is 9.09. The number of hydrogen-bond donors (Lipinski definition) is 2. The van der Waals surface area contributed by atoms with E-state index in [-0.39, 0.29) is 41.8 Å². The monoisotopic (exact) mass is 768 g/mol. The van der Waals surface area contributed by atoms with Gasteiger partial charge in [-0.2, -0.15) is 0 Å². The van der Waals surface area contributed by atoms with E-state index in [1.807, 2.05) is 12.2 Å². The van der Waals surface area contributed by atoms with Gasteiger partial charge < -0.3 is 34.5 Å². The summed E-state index contributed by atoms with van der Waals surface area (Å²) in [5.41, 5.74) is -0.567. The molecule has 1 aromatic carbocycles. The number of amides is 3. The number of halogens is 1. The van der Waals surface area contributed by atoms with Crippen molar-refractivity contribution in [2.45, 2.75) is 100 Å². The average Bonchev–Trinajstić information content (AvgIpc) is 3.41. The Morgan fingerprint density at radius 3 is 2.57 bits per heavy atom. The van der Waals surface area contributed by atoms with E-state index in [2.05, 4.69) is 31.5 Å². The molecule has 1 aromatic heterocycles. The van der Waals surface area contributed by atoms with Crippen LogP contribution in [0.1, 0.15) is 81.1 Å². The van der Waals surface area contributed by atoms with Gasteiger partial charge in [-0.1, -0.05) is 40.9 Å². The number of Topliss-reactive ketones (excluding diaryl/α,β-unsaturated/α-hetero) is 1. The van der Waals surface area contributed by atoms with E-state index in [4.69, 9.17) is 18.9 Å². The number of alkyl halides is 1. The summed E-state index contributed by atoms with van der Waals surface area (Å²) >= 11 is 3.22. The molecular weight excluding hydrogens is 724 g/mol. The summed E-state index contributed by atoms with van der Waals surface area (Å²) in [5, 5.41) is 6.43. The first kappa shape index (κ1) is 36.6. The van der Waals surface area contributed by atoms with Crippen molar-refractivity contribution in [3.05, 3.63) is 42.1 Å². The third kappa shape index (κ3) is 8.15. The number of hydrogen-bond acceptors (Lipinski definition) is 10.